The summed E-state index contributed by atoms with van der Waals surface area (Å²) in [5.41, 5.74) is 6.36. The second-order valence-corrected chi connectivity index (χ2v) is 19.3. The number of hydrogen-bond acceptors (Lipinski definition) is 0. The van der Waals surface area contributed by atoms with E-state index in [1.165, 1.54) is 38.5 Å². The summed E-state index contributed by atoms with van der Waals surface area (Å²) in [6, 6.07) is 0. The van der Waals surface area contributed by atoms with Gasteiger partial charge in [0.2, 0.25) is 0 Å². The van der Waals surface area contributed by atoms with Crippen molar-refractivity contribution in [1.82, 2.24) is 0 Å². The maximum absolute atomic E-state index is 2.59. The highest BCUT2D eigenvalue weighted by atomic mass is 31.1. The van der Waals surface area contributed by atoms with Crippen LogP contribution in [-0.4, -0.2) is 52.4 Å². The van der Waals surface area contributed by atoms with Gasteiger partial charge in [-0.25, -0.2) is 0 Å². The molecule has 6 unspecified atom stereocenters. The summed E-state index contributed by atoms with van der Waals surface area (Å²) in [4.78, 5) is 0. The zero-order chi connectivity index (χ0) is 18.1. The lowest BCUT2D eigenvalue weighted by Gasteiger charge is -2.34. The lowest BCUT2D eigenvalue weighted by molar-refractivity contribution is 0.745. The Hall–Kier alpha value is 1.29. The molecular formula is C22H43P3. The molecule has 0 saturated carbocycles. The molecule has 25 heavy (non-hydrogen) atoms. The molecule has 146 valence electrons. The third-order valence-corrected chi connectivity index (χ3v) is 19.0. The van der Waals surface area contributed by atoms with Crippen molar-refractivity contribution in [2.75, 3.05) is 18.5 Å². The van der Waals surface area contributed by atoms with E-state index in [2.05, 4.69) is 41.5 Å². The van der Waals surface area contributed by atoms with Crippen LogP contribution in [0.1, 0.15) is 80.1 Å². The minimum Gasteiger partial charge on any atom is -0.101 e. The van der Waals surface area contributed by atoms with Gasteiger partial charge in [0, 0.05) is 0 Å². The normalized spacial score (nSPS) is 49.0. The minimum absolute atomic E-state index is 0.316. The summed E-state index contributed by atoms with van der Waals surface area (Å²) in [6.45, 7) is 15.5. The Labute approximate surface area is 162 Å². The van der Waals surface area contributed by atoms with E-state index < -0.39 is 0 Å². The van der Waals surface area contributed by atoms with Gasteiger partial charge in [-0.15, -0.1) is 23.8 Å². The highest BCUT2D eigenvalue weighted by molar-refractivity contribution is 7.61. The first-order chi connectivity index (χ1) is 11.9. The summed E-state index contributed by atoms with van der Waals surface area (Å²) in [5.74, 6) is 1.09. The van der Waals surface area contributed by atoms with E-state index >= 15 is 0 Å². The van der Waals surface area contributed by atoms with Crippen LogP contribution in [-0.2, 0) is 0 Å². The number of hydrogen-bond donors (Lipinski definition) is 0. The molecule has 0 N–H and O–H groups in total. The van der Waals surface area contributed by atoms with Crippen LogP contribution < -0.4 is 0 Å². The largest absolute Gasteiger partial charge is 0.101 e. The molecule has 3 aliphatic heterocycles. The Morgan fingerprint density at radius 2 is 0.680 bits per heavy atom. The maximum Gasteiger partial charge on any atom is -0.0235 e. The van der Waals surface area contributed by atoms with Gasteiger partial charge in [0.25, 0.3) is 0 Å². The van der Waals surface area contributed by atoms with E-state index in [0.717, 1.165) is 39.9 Å². The van der Waals surface area contributed by atoms with Crippen molar-refractivity contribution < 1.29 is 0 Å². The molecule has 3 saturated heterocycles. The molecule has 6 atom stereocenters. The van der Waals surface area contributed by atoms with E-state index in [0.29, 0.717) is 23.8 Å². The van der Waals surface area contributed by atoms with Crippen LogP contribution in [0, 0.1) is 5.92 Å². The van der Waals surface area contributed by atoms with Crippen LogP contribution in [0.5, 0.6) is 0 Å². The predicted molar refractivity (Wildman–Crippen MR) is 123 cm³/mol. The molecule has 3 aliphatic rings. The van der Waals surface area contributed by atoms with Crippen LogP contribution in [0.15, 0.2) is 0 Å². The Kier molecular flexibility index (Phi) is 7.72. The van der Waals surface area contributed by atoms with Crippen molar-refractivity contribution in [3.05, 3.63) is 0 Å². The van der Waals surface area contributed by atoms with Crippen molar-refractivity contribution in [1.29, 1.82) is 0 Å². The summed E-state index contributed by atoms with van der Waals surface area (Å²) in [7, 11) is 0.949. The molecule has 3 heterocycles. The molecule has 0 nitrogen and oxygen atoms in total. The Morgan fingerprint density at radius 3 is 0.880 bits per heavy atom. The Bertz CT molecular complexity index is 334. The van der Waals surface area contributed by atoms with Gasteiger partial charge in [-0.2, -0.15) is 0 Å². The zero-order valence-corrected chi connectivity index (χ0v) is 20.4. The van der Waals surface area contributed by atoms with Crippen molar-refractivity contribution in [3.8, 4) is 0 Å². The van der Waals surface area contributed by atoms with E-state index in [1.54, 1.807) is 18.5 Å². The molecule has 0 spiro atoms. The third kappa shape index (κ3) is 5.02. The van der Waals surface area contributed by atoms with Gasteiger partial charge in [0.1, 0.15) is 0 Å². The summed E-state index contributed by atoms with van der Waals surface area (Å²) in [5, 5.41) is 0. The summed E-state index contributed by atoms with van der Waals surface area (Å²) < 4.78 is 0. The van der Waals surface area contributed by atoms with Crippen LogP contribution in [0.4, 0.5) is 0 Å². The lowest BCUT2D eigenvalue weighted by atomic mass is 10.2. The maximum atomic E-state index is 2.59. The fourth-order valence-electron chi connectivity index (χ4n) is 5.89. The lowest BCUT2D eigenvalue weighted by Crippen LogP contribution is -2.21. The van der Waals surface area contributed by atoms with Gasteiger partial charge in [-0.1, -0.05) is 41.5 Å². The van der Waals surface area contributed by atoms with E-state index in [4.69, 9.17) is 0 Å². The first-order valence-electron chi connectivity index (χ1n) is 11.1. The monoisotopic (exact) mass is 400 g/mol. The quantitative estimate of drug-likeness (QED) is 0.400. The molecule has 0 aromatic heterocycles. The standard InChI is InChI=1S/C22H43P3/c1-16-7-8-17(2)23(16)13-22(14-24-18(3)9-10-19(24)4)15-25-20(5)11-12-21(25)6/h16-22H,7-15H2,1-6H3. The smallest absolute Gasteiger partial charge is 0.0235 e. The zero-order valence-electron chi connectivity index (χ0n) is 17.7. The molecule has 3 fully saturated rings. The molecule has 0 radical (unpaired) electrons. The van der Waals surface area contributed by atoms with Crippen LogP contribution >= 0.6 is 23.8 Å². The minimum atomic E-state index is 0.316. The highest BCUT2D eigenvalue weighted by Gasteiger charge is 2.38. The van der Waals surface area contributed by atoms with Gasteiger partial charge < -0.3 is 0 Å². The van der Waals surface area contributed by atoms with Crippen molar-refractivity contribution in [3.63, 3.8) is 0 Å². The summed E-state index contributed by atoms with van der Waals surface area (Å²) >= 11 is 0. The van der Waals surface area contributed by atoms with Crippen LogP contribution in [0.25, 0.3) is 0 Å². The molecule has 0 aromatic rings. The summed E-state index contributed by atoms with van der Waals surface area (Å²) in [6.07, 6.45) is 14.1. The van der Waals surface area contributed by atoms with Crippen LogP contribution in [0.3, 0.4) is 0 Å². The first kappa shape index (κ1) is 21.0. The topological polar surface area (TPSA) is 0 Å². The van der Waals surface area contributed by atoms with Crippen molar-refractivity contribution in [2.24, 2.45) is 5.92 Å². The average molecular weight is 401 g/mol. The molecule has 3 heteroatoms. The number of rotatable bonds is 6. The van der Waals surface area contributed by atoms with Gasteiger partial charge >= 0.3 is 0 Å². The SMILES string of the molecule is CC1CCC(C)P1CC(CP1C(C)CCC1C)CP1C(C)CCC1C. The second-order valence-electron chi connectivity index (χ2n) is 9.78. The molecule has 0 aromatic carbocycles. The van der Waals surface area contributed by atoms with E-state index in [9.17, 15) is 0 Å². The van der Waals surface area contributed by atoms with Gasteiger partial charge in [-0.05, 0) is 96.9 Å². The molecular weight excluding hydrogens is 357 g/mol. The molecule has 0 amide bonds. The molecule has 0 bridgehead atoms. The fraction of sp³-hybridized carbons (Fsp3) is 1.00. The first-order valence-corrected chi connectivity index (χ1v) is 16.1. The Balaban J connectivity index is 1.68. The molecule has 3 rings (SSSR count). The van der Waals surface area contributed by atoms with Crippen LogP contribution in [0.2, 0.25) is 0 Å². The Morgan fingerprint density at radius 1 is 0.480 bits per heavy atom. The van der Waals surface area contributed by atoms with Crippen molar-refractivity contribution >= 4 is 23.8 Å². The molecule has 0 aliphatic carbocycles. The van der Waals surface area contributed by atoms with Gasteiger partial charge in [-0.3, -0.25) is 0 Å². The third-order valence-electron chi connectivity index (χ3n) is 7.81. The average Bonchev–Trinajstić information content (AvgIpc) is 3.17. The highest BCUT2D eigenvalue weighted by Crippen LogP contribution is 2.63. The van der Waals surface area contributed by atoms with Gasteiger partial charge in [0.15, 0.2) is 0 Å². The fourth-order valence-corrected chi connectivity index (χ4v) is 16.7. The second kappa shape index (κ2) is 9.19. The van der Waals surface area contributed by atoms with Crippen molar-refractivity contribution in [2.45, 2.75) is 114 Å². The van der Waals surface area contributed by atoms with E-state index in [1.807, 2.05) is 0 Å². The van der Waals surface area contributed by atoms with Gasteiger partial charge in [0.05, 0.1) is 0 Å². The van der Waals surface area contributed by atoms with E-state index in [-0.39, 0.29) is 0 Å². The predicted octanol–water partition coefficient (Wildman–Crippen LogP) is 7.76.